The summed E-state index contributed by atoms with van der Waals surface area (Å²) in [6.45, 7) is 3.53. The molecule has 0 saturated carbocycles. The van der Waals surface area contributed by atoms with E-state index in [9.17, 15) is 0 Å². The van der Waals surface area contributed by atoms with Gasteiger partial charge >= 0.3 is 0 Å². The average Bonchev–Trinajstić information content (AvgIpc) is 2.90. The van der Waals surface area contributed by atoms with Crippen LogP contribution in [0.1, 0.15) is 30.0 Å². The monoisotopic (exact) mass is 288 g/mol. The molecule has 0 amide bonds. The number of aromatic nitrogens is 1. The molecule has 5 nitrogen and oxygen atoms in total. The predicted molar refractivity (Wildman–Crippen MR) is 80.4 cm³/mol. The summed E-state index contributed by atoms with van der Waals surface area (Å²) in [4.78, 5) is 0. The van der Waals surface area contributed by atoms with Crippen LogP contribution in [0.15, 0.2) is 22.7 Å². The summed E-state index contributed by atoms with van der Waals surface area (Å²) in [6, 6.07) is 6.04. The molecule has 1 saturated heterocycles. The molecule has 5 heteroatoms. The summed E-state index contributed by atoms with van der Waals surface area (Å²) >= 11 is 0. The molecule has 1 aliphatic rings. The van der Waals surface area contributed by atoms with Gasteiger partial charge in [-0.15, -0.1) is 0 Å². The molecule has 1 fully saturated rings. The molecule has 3 rings (SSSR count). The summed E-state index contributed by atoms with van der Waals surface area (Å²) in [5.41, 5.74) is 9.90. The molecule has 112 valence electrons. The van der Waals surface area contributed by atoms with Crippen molar-refractivity contribution in [1.29, 1.82) is 0 Å². The van der Waals surface area contributed by atoms with Gasteiger partial charge < -0.3 is 19.7 Å². The van der Waals surface area contributed by atoms with Gasteiger partial charge in [0.2, 0.25) is 5.88 Å². The summed E-state index contributed by atoms with van der Waals surface area (Å²) < 4.78 is 16.1. The second-order valence-electron chi connectivity index (χ2n) is 5.38. The summed E-state index contributed by atoms with van der Waals surface area (Å²) in [5, 5.41) is 4.20. The normalized spacial score (nSPS) is 16.1. The second kappa shape index (κ2) is 5.77. The van der Waals surface area contributed by atoms with Crippen LogP contribution in [0.5, 0.6) is 5.75 Å². The number of hydrogen-bond acceptors (Lipinski definition) is 5. The van der Waals surface area contributed by atoms with Crippen molar-refractivity contribution < 1.29 is 14.0 Å². The first-order valence-electron chi connectivity index (χ1n) is 7.18. The van der Waals surface area contributed by atoms with Crippen molar-refractivity contribution in [3.05, 3.63) is 29.5 Å². The molecule has 1 aromatic heterocycles. The molecule has 21 heavy (non-hydrogen) atoms. The maximum absolute atomic E-state index is 6.01. The fourth-order valence-electron chi connectivity index (χ4n) is 2.83. The number of nitrogen functional groups attached to an aromatic ring is 1. The lowest BCUT2D eigenvalue weighted by Crippen LogP contribution is -2.15. The van der Waals surface area contributed by atoms with Crippen molar-refractivity contribution >= 4 is 5.88 Å². The molecular weight excluding hydrogens is 268 g/mol. The van der Waals surface area contributed by atoms with E-state index in [2.05, 4.69) is 5.16 Å². The van der Waals surface area contributed by atoms with Crippen molar-refractivity contribution in [3.8, 4) is 16.9 Å². The fraction of sp³-hybridized carbons (Fsp3) is 0.438. The first-order chi connectivity index (χ1) is 10.2. The van der Waals surface area contributed by atoms with Gasteiger partial charge in [-0.25, -0.2) is 0 Å². The largest absolute Gasteiger partial charge is 0.496 e. The van der Waals surface area contributed by atoms with E-state index in [1.165, 1.54) is 0 Å². The smallest absolute Gasteiger partial charge is 0.230 e. The first kappa shape index (κ1) is 13.9. The minimum Gasteiger partial charge on any atom is -0.496 e. The Balaban J connectivity index is 2.03. The molecule has 0 radical (unpaired) electrons. The lowest BCUT2D eigenvalue weighted by Gasteiger charge is -2.21. The van der Waals surface area contributed by atoms with Crippen LogP contribution in [-0.2, 0) is 4.74 Å². The highest BCUT2D eigenvalue weighted by atomic mass is 16.5. The lowest BCUT2D eigenvalue weighted by atomic mass is 9.91. The Bertz CT molecular complexity index is 630. The lowest BCUT2D eigenvalue weighted by molar-refractivity contribution is 0.0839. The third kappa shape index (κ3) is 2.61. The molecule has 0 spiro atoms. The molecular formula is C16H20N2O3. The van der Waals surface area contributed by atoms with Gasteiger partial charge in [0, 0.05) is 19.1 Å². The van der Waals surface area contributed by atoms with E-state index in [1.54, 1.807) is 7.11 Å². The molecule has 0 atom stereocenters. The van der Waals surface area contributed by atoms with Gasteiger partial charge in [-0.1, -0.05) is 17.3 Å². The van der Waals surface area contributed by atoms with Gasteiger partial charge in [-0.2, -0.15) is 0 Å². The molecule has 0 aliphatic carbocycles. The van der Waals surface area contributed by atoms with E-state index in [-0.39, 0.29) is 0 Å². The van der Waals surface area contributed by atoms with Gasteiger partial charge in [0.25, 0.3) is 0 Å². The Labute approximate surface area is 124 Å². The molecule has 1 aliphatic heterocycles. The molecule has 2 aromatic rings. The molecule has 2 N–H and O–H groups in total. The number of anilines is 1. The minimum absolute atomic E-state index is 0.335. The molecule has 1 aromatic carbocycles. The van der Waals surface area contributed by atoms with Crippen LogP contribution >= 0.6 is 0 Å². The molecule has 2 heterocycles. The number of hydrogen-bond donors (Lipinski definition) is 1. The van der Waals surface area contributed by atoms with E-state index in [1.807, 2.05) is 25.1 Å². The Hall–Kier alpha value is -2.01. The Kier molecular flexibility index (Phi) is 3.84. The average molecular weight is 288 g/mol. The van der Waals surface area contributed by atoms with Gasteiger partial charge in [0.1, 0.15) is 5.75 Å². The Morgan fingerprint density at radius 2 is 2.05 bits per heavy atom. The predicted octanol–water partition coefficient (Wildman–Crippen LogP) is 3.13. The zero-order valence-electron chi connectivity index (χ0n) is 12.4. The summed E-state index contributed by atoms with van der Waals surface area (Å²) in [7, 11) is 1.67. The standard InChI is InChI=1S/C16H20N2O3/c1-10-3-4-12(9-13(10)19-2)14-15(18-21-16(14)17)11-5-7-20-8-6-11/h3-4,9,11H,5-8,17H2,1-2H3. The second-order valence-corrected chi connectivity index (χ2v) is 5.38. The maximum Gasteiger partial charge on any atom is 0.230 e. The van der Waals surface area contributed by atoms with Crippen molar-refractivity contribution in [2.75, 3.05) is 26.1 Å². The van der Waals surface area contributed by atoms with Crippen LogP contribution in [0.4, 0.5) is 5.88 Å². The number of nitrogens with two attached hydrogens (primary N) is 1. The van der Waals surface area contributed by atoms with E-state index in [0.717, 1.165) is 54.2 Å². The van der Waals surface area contributed by atoms with Crippen LogP contribution in [0.25, 0.3) is 11.1 Å². The van der Waals surface area contributed by atoms with Crippen LogP contribution < -0.4 is 10.5 Å². The first-order valence-corrected chi connectivity index (χ1v) is 7.18. The van der Waals surface area contributed by atoms with E-state index in [4.69, 9.17) is 19.7 Å². The van der Waals surface area contributed by atoms with Crippen LogP contribution in [-0.4, -0.2) is 25.5 Å². The minimum atomic E-state index is 0.335. The van der Waals surface area contributed by atoms with Crippen molar-refractivity contribution in [3.63, 3.8) is 0 Å². The quantitative estimate of drug-likeness (QED) is 0.939. The summed E-state index contributed by atoms with van der Waals surface area (Å²) in [6.07, 6.45) is 1.89. The third-order valence-electron chi connectivity index (χ3n) is 4.05. The third-order valence-corrected chi connectivity index (χ3v) is 4.05. The van der Waals surface area contributed by atoms with Crippen LogP contribution in [0.2, 0.25) is 0 Å². The molecule has 0 unspecified atom stereocenters. The number of aryl methyl sites for hydroxylation is 1. The Morgan fingerprint density at radius 1 is 1.29 bits per heavy atom. The van der Waals surface area contributed by atoms with Gasteiger partial charge in [0.05, 0.1) is 18.4 Å². The van der Waals surface area contributed by atoms with E-state index >= 15 is 0 Å². The number of benzene rings is 1. The number of methoxy groups -OCH3 is 1. The van der Waals surface area contributed by atoms with Gasteiger partial charge in [-0.05, 0) is 37.0 Å². The number of ether oxygens (including phenoxy) is 2. The van der Waals surface area contributed by atoms with Crippen LogP contribution in [0.3, 0.4) is 0 Å². The molecule has 0 bridgehead atoms. The van der Waals surface area contributed by atoms with Crippen molar-refractivity contribution in [2.45, 2.75) is 25.7 Å². The Morgan fingerprint density at radius 3 is 2.76 bits per heavy atom. The zero-order chi connectivity index (χ0) is 14.8. The number of rotatable bonds is 3. The highest BCUT2D eigenvalue weighted by Gasteiger charge is 2.26. The number of nitrogens with zero attached hydrogens (tertiary/aromatic N) is 1. The summed E-state index contributed by atoms with van der Waals surface area (Å²) in [5.74, 6) is 1.54. The van der Waals surface area contributed by atoms with Crippen molar-refractivity contribution in [2.24, 2.45) is 0 Å². The van der Waals surface area contributed by atoms with Gasteiger partial charge in [-0.3, -0.25) is 0 Å². The van der Waals surface area contributed by atoms with Crippen molar-refractivity contribution in [1.82, 2.24) is 5.16 Å². The highest BCUT2D eigenvalue weighted by molar-refractivity contribution is 5.77. The van der Waals surface area contributed by atoms with E-state index in [0.29, 0.717) is 11.8 Å². The fourth-order valence-corrected chi connectivity index (χ4v) is 2.83. The van der Waals surface area contributed by atoms with E-state index < -0.39 is 0 Å². The zero-order valence-corrected chi connectivity index (χ0v) is 12.4. The van der Waals surface area contributed by atoms with Gasteiger partial charge in [0.15, 0.2) is 0 Å². The highest BCUT2D eigenvalue weighted by Crippen LogP contribution is 2.39. The maximum atomic E-state index is 6.01. The topological polar surface area (TPSA) is 70.5 Å². The SMILES string of the molecule is COc1cc(-c2c(C3CCOCC3)noc2N)ccc1C. The van der Waals surface area contributed by atoms with Crippen LogP contribution in [0, 0.1) is 6.92 Å².